The van der Waals surface area contributed by atoms with Crippen molar-refractivity contribution >= 4 is 17.8 Å². The summed E-state index contributed by atoms with van der Waals surface area (Å²) in [5.41, 5.74) is 0.0297. The molecule has 27 heavy (non-hydrogen) atoms. The van der Waals surface area contributed by atoms with Crippen molar-refractivity contribution in [1.29, 1.82) is 0 Å². The first kappa shape index (κ1) is 19.2. The molecule has 7 heteroatoms. The number of urea groups is 1. The molecule has 1 saturated heterocycles. The van der Waals surface area contributed by atoms with Gasteiger partial charge in [-0.15, -0.1) is 0 Å². The highest BCUT2D eigenvalue weighted by Crippen LogP contribution is 2.38. The van der Waals surface area contributed by atoms with Crippen LogP contribution in [-0.2, 0) is 16.1 Å². The monoisotopic (exact) mass is 373 g/mol. The van der Waals surface area contributed by atoms with Gasteiger partial charge in [-0.25, -0.2) is 4.79 Å². The molecule has 0 unspecified atom stereocenters. The lowest BCUT2D eigenvalue weighted by Gasteiger charge is -2.36. The number of nitrogens with zero attached hydrogens (tertiary/aromatic N) is 2. The van der Waals surface area contributed by atoms with Crippen molar-refractivity contribution in [2.75, 3.05) is 20.7 Å². The molecule has 146 valence electrons. The summed E-state index contributed by atoms with van der Waals surface area (Å²) < 4.78 is 5.31. The molecule has 2 fully saturated rings. The van der Waals surface area contributed by atoms with E-state index in [-0.39, 0.29) is 24.3 Å². The van der Waals surface area contributed by atoms with Crippen LogP contribution in [0.4, 0.5) is 4.79 Å². The second-order valence-corrected chi connectivity index (χ2v) is 7.50. The summed E-state index contributed by atoms with van der Waals surface area (Å²) in [4.78, 5) is 40.6. The number of hydrogen-bond donors (Lipinski definition) is 1. The molecule has 1 saturated carbocycles. The Bertz CT molecular complexity index is 750. The van der Waals surface area contributed by atoms with E-state index in [4.69, 9.17) is 4.74 Å². The summed E-state index contributed by atoms with van der Waals surface area (Å²) in [7, 11) is 3.24. The smallest absolute Gasteiger partial charge is 0.325 e. The minimum Gasteiger partial charge on any atom is -0.496 e. The quantitative estimate of drug-likeness (QED) is 0.802. The van der Waals surface area contributed by atoms with Gasteiger partial charge in [-0.1, -0.05) is 38.0 Å². The van der Waals surface area contributed by atoms with E-state index >= 15 is 0 Å². The number of methoxy groups -OCH3 is 1. The predicted octanol–water partition coefficient (Wildman–Crippen LogP) is 2.15. The van der Waals surface area contributed by atoms with Crippen LogP contribution in [-0.4, -0.2) is 53.9 Å². The number of nitrogens with one attached hydrogen (secondary N) is 1. The van der Waals surface area contributed by atoms with Gasteiger partial charge in [0.15, 0.2) is 0 Å². The van der Waals surface area contributed by atoms with Crippen molar-refractivity contribution in [2.45, 2.75) is 44.7 Å². The number of carbonyl (C=O) groups is 3. The van der Waals surface area contributed by atoms with Gasteiger partial charge in [0.1, 0.15) is 17.8 Å². The van der Waals surface area contributed by atoms with Gasteiger partial charge in [0.05, 0.1) is 7.11 Å². The van der Waals surface area contributed by atoms with Crippen LogP contribution in [0, 0.1) is 5.92 Å². The van der Waals surface area contributed by atoms with Gasteiger partial charge in [0.25, 0.3) is 5.91 Å². The van der Waals surface area contributed by atoms with E-state index in [0.29, 0.717) is 18.7 Å². The van der Waals surface area contributed by atoms with Crippen LogP contribution < -0.4 is 10.1 Å². The van der Waals surface area contributed by atoms with E-state index in [9.17, 15) is 14.4 Å². The highest BCUT2D eigenvalue weighted by Gasteiger charge is 2.55. The van der Waals surface area contributed by atoms with Gasteiger partial charge in [0, 0.05) is 19.2 Å². The normalized spacial score (nSPS) is 24.9. The Kier molecular flexibility index (Phi) is 5.39. The third-order valence-corrected chi connectivity index (χ3v) is 5.82. The maximum Gasteiger partial charge on any atom is 0.325 e. The maximum absolute atomic E-state index is 13.0. The molecular formula is C20H27N3O4. The van der Waals surface area contributed by atoms with E-state index < -0.39 is 11.6 Å². The van der Waals surface area contributed by atoms with Gasteiger partial charge in [-0.05, 0) is 24.8 Å². The Morgan fingerprint density at radius 3 is 2.78 bits per heavy atom. The third kappa shape index (κ3) is 3.50. The molecule has 1 heterocycles. The number of benzene rings is 1. The van der Waals surface area contributed by atoms with Crippen LogP contribution in [0.2, 0.25) is 0 Å². The molecule has 4 amide bonds. The molecular weight excluding hydrogens is 346 g/mol. The minimum absolute atomic E-state index is 0.0779. The second-order valence-electron chi connectivity index (χ2n) is 7.50. The number of amides is 4. The molecule has 1 N–H and O–H groups in total. The molecule has 1 aromatic rings. The zero-order valence-corrected chi connectivity index (χ0v) is 16.2. The minimum atomic E-state index is -0.836. The topological polar surface area (TPSA) is 79.0 Å². The van der Waals surface area contributed by atoms with Gasteiger partial charge in [0.2, 0.25) is 5.91 Å². The molecule has 2 aliphatic rings. The number of ether oxygens (including phenoxy) is 1. The molecule has 0 radical (unpaired) electrons. The van der Waals surface area contributed by atoms with Crippen molar-refractivity contribution in [3.05, 3.63) is 29.8 Å². The fourth-order valence-electron chi connectivity index (χ4n) is 4.07. The Morgan fingerprint density at radius 1 is 1.33 bits per heavy atom. The van der Waals surface area contributed by atoms with Crippen molar-refractivity contribution in [2.24, 2.45) is 5.92 Å². The number of hydrogen-bond acceptors (Lipinski definition) is 4. The maximum atomic E-state index is 13.0. The first-order chi connectivity index (χ1) is 12.9. The summed E-state index contributed by atoms with van der Waals surface area (Å²) in [5, 5.41) is 2.88. The Balaban J connectivity index is 1.68. The fourth-order valence-corrected chi connectivity index (χ4v) is 4.07. The Labute approximate surface area is 159 Å². The lowest BCUT2D eigenvalue weighted by molar-refractivity contribution is -0.140. The van der Waals surface area contributed by atoms with Crippen molar-refractivity contribution in [3.8, 4) is 5.75 Å². The van der Waals surface area contributed by atoms with Crippen molar-refractivity contribution in [3.63, 3.8) is 0 Å². The largest absolute Gasteiger partial charge is 0.496 e. The summed E-state index contributed by atoms with van der Waals surface area (Å²) in [5.74, 6) is 0.222. The average molecular weight is 373 g/mol. The number of rotatable bonds is 5. The number of imide groups is 1. The fraction of sp³-hybridized carbons (Fsp3) is 0.550. The van der Waals surface area contributed by atoms with Crippen LogP contribution in [0.5, 0.6) is 5.75 Å². The summed E-state index contributed by atoms with van der Waals surface area (Å²) in [6.45, 7) is 2.09. The first-order valence-corrected chi connectivity index (χ1v) is 9.39. The van der Waals surface area contributed by atoms with Crippen LogP contribution in [0.25, 0.3) is 0 Å². The van der Waals surface area contributed by atoms with Crippen molar-refractivity contribution < 1.29 is 19.1 Å². The Morgan fingerprint density at radius 2 is 2.07 bits per heavy atom. The van der Waals surface area contributed by atoms with Crippen molar-refractivity contribution in [1.82, 2.24) is 15.1 Å². The molecule has 0 bridgehead atoms. The lowest BCUT2D eigenvalue weighted by atomic mass is 9.73. The van der Waals surface area contributed by atoms with E-state index in [0.717, 1.165) is 29.7 Å². The molecule has 3 rings (SSSR count). The molecule has 1 spiro atoms. The zero-order valence-electron chi connectivity index (χ0n) is 16.2. The van der Waals surface area contributed by atoms with Gasteiger partial charge >= 0.3 is 6.03 Å². The highest BCUT2D eigenvalue weighted by molar-refractivity contribution is 6.09. The van der Waals surface area contributed by atoms with E-state index in [1.54, 1.807) is 14.2 Å². The predicted molar refractivity (Wildman–Crippen MR) is 100 cm³/mol. The lowest BCUT2D eigenvalue weighted by Crippen LogP contribution is -2.54. The Hall–Kier alpha value is -2.57. The van der Waals surface area contributed by atoms with Gasteiger partial charge in [-0.2, -0.15) is 0 Å². The van der Waals surface area contributed by atoms with E-state index in [1.807, 2.05) is 31.2 Å². The average Bonchev–Trinajstić information content (AvgIpc) is 2.89. The number of carbonyl (C=O) groups excluding carboxylic acids is 3. The molecule has 7 nitrogen and oxygen atoms in total. The van der Waals surface area contributed by atoms with Gasteiger partial charge < -0.3 is 15.0 Å². The van der Waals surface area contributed by atoms with E-state index in [2.05, 4.69) is 5.32 Å². The first-order valence-electron chi connectivity index (χ1n) is 9.39. The standard InChI is InChI=1S/C20H27N3O4/c1-14-8-6-7-11-20(14)18(25)23(19(26)21-20)13-17(24)22(2)12-15-9-4-5-10-16(15)27-3/h4-5,9-10,14H,6-8,11-13H2,1-3H3,(H,21,26)/t14-,20-/m1/s1. The van der Waals surface area contributed by atoms with Crippen LogP contribution in [0.3, 0.4) is 0 Å². The zero-order chi connectivity index (χ0) is 19.6. The van der Waals surface area contributed by atoms with Gasteiger partial charge in [-0.3, -0.25) is 14.5 Å². The summed E-state index contributed by atoms with van der Waals surface area (Å²) >= 11 is 0. The number of para-hydroxylation sites is 1. The molecule has 0 aromatic heterocycles. The van der Waals surface area contributed by atoms with E-state index in [1.165, 1.54) is 4.90 Å². The van der Waals surface area contributed by atoms with Crippen LogP contribution >= 0.6 is 0 Å². The molecule has 1 aliphatic carbocycles. The SMILES string of the molecule is COc1ccccc1CN(C)C(=O)CN1C(=O)N[C@@]2(CCCC[C@H]2C)C1=O. The molecule has 1 aliphatic heterocycles. The van der Waals surface area contributed by atoms with Crippen LogP contribution in [0.1, 0.15) is 38.2 Å². The summed E-state index contributed by atoms with van der Waals surface area (Å²) in [6.07, 6.45) is 3.51. The second kappa shape index (κ2) is 7.58. The third-order valence-electron chi connectivity index (χ3n) is 5.82. The molecule has 2 atom stereocenters. The highest BCUT2D eigenvalue weighted by atomic mass is 16.5. The van der Waals surface area contributed by atoms with Crippen LogP contribution in [0.15, 0.2) is 24.3 Å². The summed E-state index contributed by atoms with van der Waals surface area (Å²) in [6, 6.07) is 6.99. The number of likely N-dealkylation sites (N-methyl/N-ethyl adjacent to an activating group) is 1. The molecule has 1 aromatic carbocycles.